The first-order valence-electron chi connectivity index (χ1n) is 10.4. The van der Waals surface area contributed by atoms with Crippen LogP contribution in [0.25, 0.3) is 0 Å². The minimum Gasteiger partial charge on any atom is -0.481 e. The zero-order valence-electron chi connectivity index (χ0n) is 18.1. The first kappa shape index (κ1) is 22.1. The largest absolute Gasteiger partial charge is 0.481 e. The van der Waals surface area contributed by atoms with Gasteiger partial charge in [0.25, 0.3) is 11.8 Å². The monoisotopic (exact) mass is 416 g/mol. The van der Waals surface area contributed by atoms with E-state index in [9.17, 15) is 9.59 Å². The highest BCUT2D eigenvalue weighted by molar-refractivity contribution is 5.95. The van der Waals surface area contributed by atoms with Crippen molar-refractivity contribution in [1.29, 1.82) is 0 Å². The molecule has 0 saturated heterocycles. The van der Waals surface area contributed by atoms with Crippen LogP contribution in [0.1, 0.15) is 34.0 Å². The highest BCUT2D eigenvalue weighted by Crippen LogP contribution is 2.18. The van der Waals surface area contributed by atoms with Gasteiger partial charge >= 0.3 is 0 Å². The summed E-state index contributed by atoms with van der Waals surface area (Å²) in [6.07, 6.45) is 0.103. The number of carbonyl (C=O) groups excluding carboxylic acids is 2. The molecule has 5 nitrogen and oxygen atoms in total. The van der Waals surface area contributed by atoms with Crippen LogP contribution in [0.15, 0.2) is 72.8 Å². The van der Waals surface area contributed by atoms with E-state index in [0.29, 0.717) is 17.9 Å². The summed E-state index contributed by atoms with van der Waals surface area (Å²) in [5.41, 5.74) is 4.58. The molecule has 0 aromatic heterocycles. The molecule has 3 rings (SSSR count). The molecular weight excluding hydrogens is 388 g/mol. The second-order valence-electron chi connectivity index (χ2n) is 7.58. The lowest BCUT2D eigenvalue weighted by atomic mass is 10.1. The van der Waals surface area contributed by atoms with E-state index < -0.39 is 6.10 Å². The molecule has 0 heterocycles. The Hall–Kier alpha value is -3.60. The first-order chi connectivity index (χ1) is 14.9. The van der Waals surface area contributed by atoms with E-state index in [4.69, 9.17) is 4.74 Å². The van der Waals surface area contributed by atoms with E-state index in [2.05, 4.69) is 10.6 Å². The van der Waals surface area contributed by atoms with E-state index in [1.807, 2.05) is 62.4 Å². The van der Waals surface area contributed by atoms with Gasteiger partial charge in [-0.15, -0.1) is 0 Å². The second-order valence-corrected chi connectivity index (χ2v) is 7.58. The van der Waals surface area contributed by atoms with Crippen LogP contribution >= 0.6 is 0 Å². The zero-order valence-corrected chi connectivity index (χ0v) is 18.1. The summed E-state index contributed by atoms with van der Waals surface area (Å²) in [5.74, 6) is 0.170. The van der Waals surface area contributed by atoms with Gasteiger partial charge in [0, 0.05) is 17.8 Å². The maximum Gasteiger partial charge on any atom is 0.265 e. The van der Waals surface area contributed by atoms with Crippen molar-refractivity contribution in [3.63, 3.8) is 0 Å². The molecule has 3 aromatic rings. The van der Waals surface area contributed by atoms with E-state index in [-0.39, 0.29) is 11.8 Å². The molecule has 0 aliphatic heterocycles. The topological polar surface area (TPSA) is 67.4 Å². The zero-order chi connectivity index (χ0) is 22.2. The van der Waals surface area contributed by atoms with Gasteiger partial charge in [-0.1, -0.05) is 42.5 Å². The predicted molar refractivity (Wildman–Crippen MR) is 124 cm³/mol. The predicted octanol–water partition coefficient (Wildman–Crippen LogP) is 4.68. The Labute approximate surface area is 183 Å². The molecule has 0 aliphatic rings. The average Bonchev–Trinajstić information content (AvgIpc) is 2.77. The first-order valence-corrected chi connectivity index (χ1v) is 10.4. The standard InChI is InChI=1S/C26H28N2O3/c1-18-9-10-19(2)24(17-18)28-25(29)20(3)31-23-13-11-22(12-14-23)26(30)27-16-15-21-7-5-4-6-8-21/h4-14,17,20H,15-16H2,1-3H3,(H,27,30)(H,28,29)/t20-/m0/s1. The van der Waals surface area contributed by atoms with E-state index >= 15 is 0 Å². The molecule has 2 amide bonds. The van der Waals surface area contributed by atoms with Crippen molar-refractivity contribution in [2.75, 3.05) is 11.9 Å². The smallest absolute Gasteiger partial charge is 0.265 e. The molecule has 160 valence electrons. The minimum absolute atomic E-state index is 0.136. The number of hydrogen-bond donors (Lipinski definition) is 2. The third-order valence-electron chi connectivity index (χ3n) is 4.99. The van der Waals surface area contributed by atoms with Crippen molar-refractivity contribution in [3.05, 3.63) is 95.1 Å². The van der Waals surface area contributed by atoms with Crippen LogP contribution in [0, 0.1) is 13.8 Å². The Kier molecular flexibility index (Phi) is 7.44. The molecule has 0 aliphatic carbocycles. The van der Waals surface area contributed by atoms with Crippen LogP contribution in [0.4, 0.5) is 5.69 Å². The number of benzene rings is 3. The highest BCUT2D eigenvalue weighted by atomic mass is 16.5. The fourth-order valence-electron chi connectivity index (χ4n) is 3.11. The number of hydrogen-bond acceptors (Lipinski definition) is 3. The molecular formula is C26H28N2O3. The number of anilines is 1. The summed E-state index contributed by atoms with van der Waals surface area (Å²) in [4.78, 5) is 24.8. The van der Waals surface area contributed by atoms with Gasteiger partial charge in [-0.25, -0.2) is 0 Å². The molecule has 2 N–H and O–H groups in total. The Morgan fingerprint density at radius 1 is 0.935 bits per heavy atom. The van der Waals surface area contributed by atoms with Crippen molar-refractivity contribution in [1.82, 2.24) is 5.32 Å². The van der Waals surface area contributed by atoms with Gasteiger partial charge in [-0.05, 0) is 74.2 Å². The fourth-order valence-corrected chi connectivity index (χ4v) is 3.11. The molecule has 0 radical (unpaired) electrons. The number of amides is 2. The van der Waals surface area contributed by atoms with Crippen molar-refractivity contribution in [2.45, 2.75) is 33.3 Å². The summed E-state index contributed by atoms with van der Waals surface area (Å²) in [6.45, 7) is 6.19. The summed E-state index contributed by atoms with van der Waals surface area (Å²) in [5, 5.41) is 5.83. The highest BCUT2D eigenvalue weighted by Gasteiger charge is 2.16. The van der Waals surface area contributed by atoms with Crippen LogP contribution < -0.4 is 15.4 Å². The lowest BCUT2D eigenvalue weighted by Gasteiger charge is -2.16. The Morgan fingerprint density at radius 3 is 2.35 bits per heavy atom. The van der Waals surface area contributed by atoms with E-state index in [1.165, 1.54) is 5.56 Å². The fraction of sp³-hybridized carbons (Fsp3) is 0.231. The van der Waals surface area contributed by atoms with Crippen LogP contribution in [0.5, 0.6) is 5.75 Å². The summed E-state index contributed by atoms with van der Waals surface area (Å²) in [7, 11) is 0. The lowest BCUT2D eigenvalue weighted by Crippen LogP contribution is -2.30. The van der Waals surface area contributed by atoms with Gasteiger partial charge in [0.15, 0.2) is 6.10 Å². The average molecular weight is 417 g/mol. The maximum atomic E-state index is 12.5. The molecule has 0 spiro atoms. The van der Waals surface area contributed by atoms with Crippen molar-refractivity contribution < 1.29 is 14.3 Å². The number of ether oxygens (including phenoxy) is 1. The molecule has 5 heteroatoms. The van der Waals surface area contributed by atoms with Crippen molar-refractivity contribution in [2.24, 2.45) is 0 Å². The van der Waals surface area contributed by atoms with Crippen molar-refractivity contribution in [3.8, 4) is 5.75 Å². The van der Waals surface area contributed by atoms with Crippen LogP contribution in [-0.2, 0) is 11.2 Å². The summed E-state index contributed by atoms with van der Waals surface area (Å²) in [6, 6.07) is 22.7. The number of carbonyl (C=O) groups is 2. The summed E-state index contributed by atoms with van der Waals surface area (Å²) >= 11 is 0. The van der Waals surface area contributed by atoms with Gasteiger partial charge in [0.2, 0.25) is 0 Å². The van der Waals surface area contributed by atoms with Crippen LogP contribution in [-0.4, -0.2) is 24.5 Å². The van der Waals surface area contributed by atoms with Gasteiger partial charge in [0.1, 0.15) is 5.75 Å². The van der Waals surface area contributed by atoms with Gasteiger partial charge < -0.3 is 15.4 Å². The van der Waals surface area contributed by atoms with Crippen molar-refractivity contribution >= 4 is 17.5 Å². The van der Waals surface area contributed by atoms with Crippen LogP contribution in [0.3, 0.4) is 0 Å². The Bertz CT molecular complexity index is 1030. The molecule has 3 aromatic carbocycles. The third-order valence-corrected chi connectivity index (χ3v) is 4.99. The normalized spacial score (nSPS) is 11.5. The van der Waals surface area contributed by atoms with E-state index in [0.717, 1.165) is 23.2 Å². The van der Waals surface area contributed by atoms with Gasteiger partial charge in [-0.2, -0.15) is 0 Å². The van der Waals surface area contributed by atoms with E-state index in [1.54, 1.807) is 31.2 Å². The molecule has 1 atom stereocenters. The molecule has 0 fully saturated rings. The number of nitrogens with one attached hydrogen (secondary N) is 2. The molecule has 0 unspecified atom stereocenters. The maximum absolute atomic E-state index is 12.5. The lowest BCUT2D eigenvalue weighted by molar-refractivity contribution is -0.122. The third kappa shape index (κ3) is 6.44. The van der Waals surface area contributed by atoms with Crippen LogP contribution in [0.2, 0.25) is 0 Å². The quantitative estimate of drug-likeness (QED) is 0.560. The Morgan fingerprint density at radius 2 is 1.65 bits per heavy atom. The molecule has 31 heavy (non-hydrogen) atoms. The molecule has 0 bridgehead atoms. The molecule has 0 saturated carbocycles. The number of aryl methyl sites for hydroxylation is 2. The minimum atomic E-state index is -0.675. The van der Waals surface area contributed by atoms with Gasteiger partial charge in [-0.3, -0.25) is 9.59 Å². The van der Waals surface area contributed by atoms with Gasteiger partial charge in [0.05, 0.1) is 0 Å². The Balaban J connectivity index is 1.50. The SMILES string of the molecule is Cc1ccc(C)c(NC(=O)[C@H](C)Oc2ccc(C(=O)NCCc3ccccc3)cc2)c1. The number of rotatable bonds is 8. The summed E-state index contributed by atoms with van der Waals surface area (Å²) < 4.78 is 5.75. The second kappa shape index (κ2) is 10.4.